The van der Waals surface area contributed by atoms with E-state index >= 15 is 0 Å². The largest absolute Gasteiger partial charge is 0.506 e. The van der Waals surface area contributed by atoms with Gasteiger partial charge >= 0.3 is 5.97 Å². The molecule has 0 aliphatic carbocycles. The summed E-state index contributed by atoms with van der Waals surface area (Å²) in [6.45, 7) is 1.96. The van der Waals surface area contributed by atoms with Crippen molar-refractivity contribution >= 4 is 11.8 Å². The summed E-state index contributed by atoms with van der Waals surface area (Å²) in [5.74, 6) is 4.68. The summed E-state index contributed by atoms with van der Waals surface area (Å²) in [5.41, 5.74) is 1.11. The number of carbonyl (C=O) groups is 2. The summed E-state index contributed by atoms with van der Waals surface area (Å²) in [6.07, 6.45) is -0.122. The number of hydrogen-bond donors (Lipinski definition) is 1. The van der Waals surface area contributed by atoms with Crippen LogP contribution in [0.1, 0.15) is 41.5 Å². The number of Topliss-reactive ketones (excluding diaryl/α,β-unsaturated/α-hetero) is 1. The molecule has 0 amide bonds. The molecule has 0 unspecified atom stereocenters. The van der Waals surface area contributed by atoms with Crippen LogP contribution in [0.25, 0.3) is 0 Å². The summed E-state index contributed by atoms with van der Waals surface area (Å²) in [7, 11) is 0. The number of benzene rings is 1. The number of hydrogen-bond acceptors (Lipinski definition) is 5. The van der Waals surface area contributed by atoms with Crippen molar-refractivity contribution in [1.82, 2.24) is 4.98 Å². The van der Waals surface area contributed by atoms with Crippen molar-refractivity contribution in [2.45, 2.75) is 19.8 Å². The van der Waals surface area contributed by atoms with Gasteiger partial charge in [0.1, 0.15) is 17.1 Å². The van der Waals surface area contributed by atoms with Crippen LogP contribution < -0.4 is 0 Å². The average molecular weight is 323 g/mol. The zero-order valence-electron chi connectivity index (χ0n) is 13.3. The smallest absolute Gasteiger partial charge is 0.306 e. The zero-order chi connectivity index (χ0) is 17.4. The molecule has 122 valence electrons. The maximum Gasteiger partial charge on any atom is 0.306 e. The van der Waals surface area contributed by atoms with Gasteiger partial charge in [-0.15, -0.1) is 0 Å². The fourth-order valence-electron chi connectivity index (χ4n) is 1.95. The van der Waals surface area contributed by atoms with Crippen molar-refractivity contribution in [2.24, 2.45) is 0 Å². The van der Waals surface area contributed by atoms with Gasteiger partial charge in [-0.2, -0.15) is 0 Å². The molecule has 1 heterocycles. The van der Waals surface area contributed by atoms with E-state index in [2.05, 4.69) is 16.8 Å². The Kier molecular flexibility index (Phi) is 6.09. The number of aromatic hydroxyl groups is 1. The normalized spacial score (nSPS) is 9.71. The lowest BCUT2D eigenvalue weighted by atomic mass is 10.1. The Bertz CT molecular complexity index is 788. The van der Waals surface area contributed by atoms with E-state index in [1.807, 2.05) is 30.3 Å². The van der Waals surface area contributed by atoms with E-state index in [1.54, 1.807) is 6.92 Å². The van der Waals surface area contributed by atoms with Crippen molar-refractivity contribution in [1.29, 1.82) is 0 Å². The number of pyridine rings is 1. The fourth-order valence-corrected chi connectivity index (χ4v) is 1.95. The Morgan fingerprint density at radius 1 is 1.08 bits per heavy atom. The molecule has 0 aliphatic rings. The number of rotatable bonds is 5. The van der Waals surface area contributed by atoms with Crippen LogP contribution in [0.5, 0.6) is 5.75 Å². The molecule has 0 atom stereocenters. The van der Waals surface area contributed by atoms with Gasteiger partial charge in [0.2, 0.25) is 0 Å². The molecule has 1 aromatic heterocycles. The first-order chi connectivity index (χ1) is 11.6. The molecule has 0 radical (unpaired) electrons. The van der Waals surface area contributed by atoms with Crippen molar-refractivity contribution in [2.75, 3.05) is 6.61 Å². The van der Waals surface area contributed by atoms with E-state index in [-0.39, 0.29) is 30.9 Å². The molecule has 0 fully saturated rings. The van der Waals surface area contributed by atoms with Crippen LogP contribution in [-0.2, 0) is 9.53 Å². The maximum atomic E-state index is 12.1. The van der Waals surface area contributed by atoms with Crippen molar-refractivity contribution < 1.29 is 19.4 Å². The Labute approximate surface area is 140 Å². The summed E-state index contributed by atoms with van der Waals surface area (Å²) < 4.78 is 4.77. The Hall–Kier alpha value is -3.13. The number of ether oxygens (including phenoxy) is 1. The van der Waals surface area contributed by atoms with Crippen LogP contribution in [0.4, 0.5) is 0 Å². The maximum absolute atomic E-state index is 12.1. The second-order valence-electron chi connectivity index (χ2n) is 4.91. The standard InChI is InChI=1S/C19H17NO4/c1-2-24-18(23)13-12-17(22)19-16(21)11-10-15(20-19)9-8-14-6-4-3-5-7-14/h3-7,10-11,21H,2,12-13H2,1H3. The van der Waals surface area contributed by atoms with E-state index in [0.29, 0.717) is 5.69 Å². The van der Waals surface area contributed by atoms with Crippen molar-refractivity contribution in [3.8, 4) is 17.6 Å². The Morgan fingerprint density at radius 2 is 1.83 bits per heavy atom. The van der Waals surface area contributed by atoms with Gasteiger partial charge in [0.15, 0.2) is 5.78 Å². The van der Waals surface area contributed by atoms with Crippen LogP contribution in [0.15, 0.2) is 42.5 Å². The van der Waals surface area contributed by atoms with Crippen LogP contribution >= 0.6 is 0 Å². The molecular formula is C19H17NO4. The highest BCUT2D eigenvalue weighted by atomic mass is 16.5. The van der Waals surface area contributed by atoms with Gasteiger partial charge < -0.3 is 9.84 Å². The minimum atomic E-state index is -0.453. The topological polar surface area (TPSA) is 76.5 Å². The third kappa shape index (κ3) is 4.96. The summed E-state index contributed by atoms with van der Waals surface area (Å²) in [5, 5.41) is 9.81. The third-order valence-corrected chi connectivity index (χ3v) is 3.11. The SMILES string of the molecule is CCOC(=O)CCC(=O)c1nc(C#Cc2ccccc2)ccc1O. The Balaban J connectivity index is 2.12. The summed E-state index contributed by atoms with van der Waals surface area (Å²) in [4.78, 5) is 27.5. The lowest BCUT2D eigenvalue weighted by Gasteiger charge is -2.04. The first kappa shape index (κ1) is 17.2. The predicted octanol–water partition coefficient (Wildman–Crippen LogP) is 2.71. The second-order valence-corrected chi connectivity index (χ2v) is 4.91. The third-order valence-electron chi connectivity index (χ3n) is 3.11. The van der Waals surface area contributed by atoms with Crippen LogP contribution in [0.3, 0.4) is 0 Å². The zero-order valence-corrected chi connectivity index (χ0v) is 13.3. The average Bonchev–Trinajstić information content (AvgIpc) is 2.60. The molecule has 24 heavy (non-hydrogen) atoms. The quantitative estimate of drug-likeness (QED) is 0.520. The lowest BCUT2D eigenvalue weighted by Crippen LogP contribution is -2.09. The summed E-state index contributed by atoms with van der Waals surface area (Å²) >= 11 is 0. The van der Waals surface area contributed by atoms with Crippen molar-refractivity contribution in [3.05, 3.63) is 59.4 Å². The molecule has 0 saturated carbocycles. The highest BCUT2D eigenvalue weighted by Gasteiger charge is 2.15. The molecular weight excluding hydrogens is 306 g/mol. The van der Waals surface area contributed by atoms with E-state index in [4.69, 9.17) is 4.74 Å². The van der Waals surface area contributed by atoms with Gasteiger partial charge in [-0.25, -0.2) is 4.98 Å². The number of esters is 1. The van der Waals surface area contributed by atoms with Gasteiger partial charge in [-0.1, -0.05) is 24.1 Å². The van der Waals surface area contributed by atoms with E-state index in [9.17, 15) is 14.7 Å². The van der Waals surface area contributed by atoms with E-state index in [1.165, 1.54) is 12.1 Å². The molecule has 2 rings (SSSR count). The van der Waals surface area contributed by atoms with Gasteiger partial charge in [0, 0.05) is 12.0 Å². The number of carbonyl (C=O) groups excluding carboxylic acids is 2. The first-order valence-corrected chi connectivity index (χ1v) is 7.56. The number of ketones is 1. The molecule has 0 aliphatic heterocycles. The highest BCUT2D eigenvalue weighted by molar-refractivity contribution is 5.98. The molecule has 5 heteroatoms. The van der Waals surface area contributed by atoms with Gasteiger partial charge in [0.05, 0.1) is 13.0 Å². The molecule has 1 aromatic carbocycles. The van der Waals surface area contributed by atoms with E-state index in [0.717, 1.165) is 5.56 Å². The molecule has 1 N–H and O–H groups in total. The lowest BCUT2D eigenvalue weighted by molar-refractivity contribution is -0.143. The van der Waals surface area contributed by atoms with Crippen molar-refractivity contribution in [3.63, 3.8) is 0 Å². The van der Waals surface area contributed by atoms with Crippen LogP contribution in [0, 0.1) is 11.8 Å². The monoisotopic (exact) mass is 323 g/mol. The van der Waals surface area contributed by atoms with Crippen LogP contribution in [0.2, 0.25) is 0 Å². The fraction of sp³-hybridized carbons (Fsp3) is 0.211. The Morgan fingerprint density at radius 3 is 2.54 bits per heavy atom. The minimum absolute atomic E-state index is 0.0479. The van der Waals surface area contributed by atoms with Crippen LogP contribution in [-0.4, -0.2) is 28.4 Å². The van der Waals surface area contributed by atoms with Gasteiger partial charge in [0.25, 0.3) is 0 Å². The predicted molar refractivity (Wildman–Crippen MR) is 88.5 cm³/mol. The molecule has 5 nitrogen and oxygen atoms in total. The van der Waals surface area contributed by atoms with Gasteiger partial charge in [-0.3, -0.25) is 9.59 Å². The molecule has 0 saturated heterocycles. The first-order valence-electron chi connectivity index (χ1n) is 7.56. The number of nitrogens with zero attached hydrogens (tertiary/aromatic N) is 1. The molecule has 0 bridgehead atoms. The summed E-state index contributed by atoms with van der Waals surface area (Å²) in [6, 6.07) is 12.3. The molecule has 0 spiro atoms. The minimum Gasteiger partial charge on any atom is -0.506 e. The second kappa shape index (κ2) is 8.49. The van der Waals surface area contributed by atoms with Gasteiger partial charge in [-0.05, 0) is 37.1 Å². The highest BCUT2D eigenvalue weighted by Crippen LogP contribution is 2.17. The molecule has 2 aromatic rings. The number of aromatic nitrogens is 1. The van der Waals surface area contributed by atoms with E-state index < -0.39 is 11.8 Å².